The van der Waals surface area contributed by atoms with E-state index in [1.165, 1.54) is 0 Å². The Morgan fingerprint density at radius 3 is 0.891 bits per heavy atom. The zero-order valence-corrected chi connectivity index (χ0v) is 77.3. The Morgan fingerprint density at radius 1 is 0.391 bits per heavy atom. The maximum Gasteiger partial charge on any atom is 0.284 e. The molecule has 0 heterocycles. The van der Waals surface area contributed by atoms with E-state index < -0.39 is 0 Å². The highest BCUT2D eigenvalue weighted by Crippen LogP contribution is 2.33. The van der Waals surface area contributed by atoms with Gasteiger partial charge in [0.05, 0.1) is 27.3 Å². The number of methoxy groups -OCH3 is 2. The van der Waals surface area contributed by atoms with E-state index in [2.05, 4.69) is 480 Å². The quantitative estimate of drug-likeness (QED) is 0.0502. The van der Waals surface area contributed by atoms with Gasteiger partial charge in [-0.3, -0.25) is 14.4 Å². The fraction of sp³-hybridized carbons (Fsp3) is 0.750. The van der Waals surface area contributed by atoms with Crippen molar-refractivity contribution in [1.82, 2.24) is 14.3 Å². The molecule has 8 nitrogen and oxygen atoms in total. The van der Waals surface area contributed by atoms with E-state index in [9.17, 15) is 14.4 Å². The van der Waals surface area contributed by atoms with Crippen LogP contribution in [0.3, 0.4) is 0 Å². The first-order chi connectivity index (χ1) is 29.5. The summed E-state index contributed by atoms with van der Waals surface area (Å²) in [5.41, 5.74) is 0. The van der Waals surface area contributed by atoms with Gasteiger partial charge < -0.3 is 23.8 Å². The van der Waals surface area contributed by atoms with E-state index in [1.54, 1.807) is 35.0 Å². The lowest BCUT2D eigenvalue weighted by atomic mass is 8.82. The summed E-state index contributed by atoms with van der Waals surface area (Å²) < 4.78 is 16.7. The van der Waals surface area contributed by atoms with Crippen molar-refractivity contribution in [3.63, 3.8) is 0 Å². The Kier molecular flexibility index (Phi) is 52.9. The molecule has 0 atom stereocenters. The average Bonchev–Trinajstić information content (AvgIpc) is 3.23. The van der Waals surface area contributed by atoms with Crippen molar-refractivity contribution in [1.29, 1.82) is 0 Å². The minimum atomic E-state index is -0.0522. The number of nitrogens with zero attached hydrogens (tertiary/aromatic N) is 3. The maximum atomic E-state index is 13.8. The highest BCUT2D eigenvalue weighted by molar-refractivity contribution is 14.3. The van der Waals surface area contributed by atoms with Crippen molar-refractivity contribution in [2.75, 3.05) is 40.5 Å². The summed E-state index contributed by atoms with van der Waals surface area (Å²) in [5.74, 6) is 0.214. The van der Waals surface area contributed by atoms with Crippen LogP contribution in [0.25, 0.3) is 0 Å². The molecule has 4 radical (unpaired) electrons. The molecule has 0 spiro atoms. The second-order valence-corrected chi connectivity index (χ2v) is 46.5. The SMILES string of the molecule is COCCN(B(B(I)B(I)[B][B]B(I)I)B(I)B(I)B(I)B(I)B(I)B(I)N(B(I)B(I)B(I)B(I)B(I)B(I)B(B(I)B(I)[B][B]B(I)I)N(CCOC)C(C)=O)C(C)=O)C(C)=O. The van der Waals surface area contributed by atoms with Gasteiger partial charge in [0.1, 0.15) is 8.70 Å². The van der Waals surface area contributed by atoms with E-state index in [1.807, 2.05) is 9.62 Å². The molecular weight excluding hydrogens is 3060 g/mol. The van der Waals surface area contributed by atoms with Gasteiger partial charge in [-0.25, -0.2) is 0 Å². The third-order valence-electron chi connectivity index (χ3n) is 9.25. The fourth-order valence-corrected chi connectivity index (χ4v) is 30.7. The predicted molar refractivity (Wildman–Crippen MR) is 490 cm³/mol. The Balaban J connectivity index is 6.59. The topological polar surface area (TPSA) is 79.4 Å². The molecule has 0 aromatic heterocycles. The summed E-state index contributed by atoms with van der Waals surface area (Å²) in [7, 11) is 12.4. The number of carbonyl (C=O) groups is 3. The van der Waals surface area contributed by atoms with Gasteiger partial charge in [0.15, 0.2) is 49.4 Å². The lowest BCUT2D eigenvalue weighted by molar-refractivity contribution is -0.125. The molecule has 0 rings (SSSR count). The molecular formula is C12H23B24I20N3O5. The van der Waals surface area contributed by atoms with Crippen molar-refractivity contribution in [2.24, 2.45) is 0 Å². The standard InChI is InChI=1S/C12H23B24I20N3O5/c1-10(60)57(6-8-63-4)33(21(43)17(37)13-15-19(39)40)29(51)25(47)23(45)27(49)31(53)35(55)59(12(3)62)36(56)32(54)28(50)24(46)26(48)30(52)34(58(11(2)61)7-9-64-5)22(44)18(38)14-16-20(41)42/h6-9H2,1-5H3. The first-order valence-corrected chi connectivity index (χ1v) is 43.5. The molecule has 52 heteroatoms. The van der Waals surface area contributed by atoms with E-state index in [-0.39, 0.29) is 101 Å². The summed E-state index contributed by atoms with van der Waals surface area (Å²) in [4.78, 5) is 44.5. The summed E-state index contributed by atoms with van der Waals surface area (Å²) in [6.45, 7) is 7.12. The number of carbonyl (C=O) groups excluding carboxylic acids is 3. The number of rotatable bonds is 32. The van der Waals surface area contributed by atoms with E-state index in [0.717, 1.165) is 0 Å². The van der Waals surface area contributed by atoms with Crippen LogP contribution in [0.15, 0.2) is 0 Å². The van der Waals surface area contributed by atoms with Crippen LogP contribution in [0, 0.1) is 0 Å². The first kappa shape index (κ1) is 78.5. The zero-order chi connectivity index (χ0) is 50.1. The van der Waals surface area contributed by atoms with Gasteiger partial charge in [-0.1, -0.05) is 0 Å². The normalized spacial score (nSPS) is 10.2. The smallest absolute Gasteiger partial charge is 0.284 e. The molecule has 0 bridgehead atoms. The molecule has 64 heavy (non-hydrogen) atoms. The Morgan fingerprint density at radius 2 is 0.656 bits per heavy atom. The second-order valence-electron chi connectivity index (χ2n) is 13.7. The van der Waals surface area contributed by atoms with Gasteiger partial charge in [-0.2, -0.15) is 313 Å². The van der Waals surface area contributed by atoms with Gasteiger partial charge in [0, 0.05) is 62.2 Å². The molecule has 3 amide bonds. The van der Waals surface area contributed by atoms with Crippen LogP contribution in [-0.2, 0) is 23.9 Å². The molecule has 0 unspecified atom stereocenters. The fourth-order valence-electron chi connectivity index (χ4n) is 5.94. The summed E-state index contributed by atoms with van der Waals surface area (Å²) in [5, 5.41) is 0. The lowest BCUT2D eigenvalue weighted by Gasteiger charge is -2.37. The molecule has 0 aliphatic rings. The second kappa shape index (κ2) is 43.2. The van der Waals surface area contributed by atoms with Crippen molar-refractivity contribution in [3.8, 4) is 0 Å². The van der Waals surface area contributed by atoms with Crippen LogP contribution in [-0.4, -0.2) is 189 Å². The van der Waals surface area contributed by atoms with Crippen molar-refractivity contribution in [2.45, 2.75) is 20.8 Å². The van der Waals surface area contributed by atoms with Crippen LogP contribution in [0.2, 0.25) is 0 Å². The Labute approximate surface area is 663 Å². The van der Waals surface area contributed by atoms with E-state index in [4.69, 9.17) is 9.47 Å². The molecule has 0 aliphatic carbocycles. The number of amides is 3. The first-order valence-electron chi connectivity index (χ1n) is 18.5. The maximum absolute atomic E-state index is 13.8. The van der Waals surface area contributed by atoms with Gasteiger partial charge in [0.25, 0.3) is 9.19 Å². The number of hydrogen-bond donors (Lipinski definition) is 0. The predicted octanol–water partition coefficient (Wildman–Crippen LogP) is 8.23. The third kappa shape index (κ3) is 28.1. The van der Waals surface area contributed by atoms with Crippen LogP contribution in [0.1, 0.15) is 20.8 Å². The highest BCUT2D eigenvalue weighted by atomic mass is 127. The van der Waals surface area contributed by atoms with Gasteiger partial charge in [0.2, 0.25) is 38.4 Å². The average molecular weight is 3090 g/mol. The molecule has 0 N–H and O–H groups in total. The number of halogens is 20. The highest BCUT2D eigenvalue weighted by Gasteiger charge is 2.57. The van der Waals surface area contributed by atoms with E-state index in [0.29, 0.717) is 30.9 Å². The monoisotopic (exact) mass is 3090 g/mol. The van der Waals surface area contributed by atoms with Crippen molar-refractivity contribution < 1.29 is 23.9 Å². The number of ether oxygens (including phenoxy) is 2. The van der Waals surface area contributed by atoms with Crippen molar-refractivity contribution in [3.05, 3.63) is 0 Å². The molecule has 0 aliphatic heterocycles. The molecule has 0 fully saturated rings. The van der Waals surface area contributed by atoms with Gasteiger partial charge in [-0.05, 0) is 0 Å². The van der Waals surface area contributed by atoms with Crippen LogP contribution in [0.5, 0.6) is 0 Å². The molecule has 0 saturated carbocycles. The zero-order valence-electron chi connectivity index (χ0n) is 34.1. The number of hydrogen-bond acceptors (Lipinski definition) is 5. The Bertz CT molecular complexity index is 1300. The Hall–Kier alpha value is 14.5. The minimum absolute atomic E-state index is 0.0101. The molecule has 0 aromatic rings. The third-order valence-corrected chi connectivity index (χ3v) is 50.8. The van der Waals surface area contributed by atoms with Crippen LogP contribution < -0.4 is 0 Å². The summed E-state index contributed by atoms with van der Waals surface area (Å²) in [6, 6.07) is 0. The molecule has 328 valence electrons. The van der Waals surface area contributed by atoms with Crippen LogP contribution >= 0.6 is 447 Å². The summed E-state index contributed by atoms with van der Waals surface area (Å²) >= 11 is 51.2. The van der Waals surface area contributed by atoms with Crippen LogP contribution in [0.4, 0.5) is 0 Å². The van der Waals surface area contributed by atoms with Gasteiger partial charge in [-0.15, -0.1) is 134 Å². The summed E-state index contributed by atoms with van der Waals surface area (Å²) in [6.07, 6.45) is 0. The molecule has 0 saturated heterocycles. The minimum Gasteiger partial charge on any atom is -0.425 e. The lowest BCUT2D eigenvalue weighted by Crippen LogP contribution is -2.70. The van der Waals surface area contributed by atoms with Gasteiger partial charge >= 0.3 is 0 Å². The van der Waals surface area contributed by atoms with E-state index >= 15 is 0 Å². The molecule has 0 aromatic carbocycles. The van der Waals surface area contributed by atoms with Crippen molar-refractivity contribution >= 4 is 581 Å². The largest absolute Gasteiger partial charge is 0.425 e.